The zero-order valence-electron chi connectivity index (χ0n) is 14.3. The van der Waals surface area contributed by atoms with Crippen LogP contribution in [0.3, 0.4) is 0 Å². The van der Waals surface area contributed by atoms with Gasteiger partial charge >= 0.3 is 0 Å². The number of nitrogens with zero attached hydrogens (tertiary/aromatic N) is 1. The van der Waals surface area contributed by atoms with Gasteiger partial charge in [-0.3, -0.25) is 4.79 Å². The highest BCUT2D eigenvalue weighted by Crippen LogP contribution is 2.32. The fourth-order valence-electron chi connectivity index (χ4n) is 3.34. The Morgan fingerprint density at radius 2 is 2.12 bits per heavy atom. The lowest BCUT2D eigenvalue weighted by Gasteiger charge is -2.20. The van der Waals surface area contributed by atoms with E-state index in [1.165, 1.54) is 16.0 Å². The van der Waals surface area contributed by atoms with Crippen LogP contribution in [0.2, 0.25) is 0 Å². The van der Waals surface area contributed by atoms with E-state index in [-0.39, 0.29) is 11.8 Å². The standard InChI is InChI=1S/C19H25N3OS/c1-13-5-3-4-6-16(13)14(2)11-18(23)22-19-21-12-17(24-19)15-7-9-20-10-8-15/h3-6,12,14-15,20H,7-11H2,1-2H3,(H,21,22,23). The normalized spacial score (nSPS) is 16.8. The lowest BCUT2D eigenvalue weighted by molar-refractivity contribution is -0.116. The molecule has 1 atom stereocenters. The first-order chi connectivity index (χ1) is 11.6. The predicted molar refractivity (Wildman–Crippen MR) is 99.8 cm³/mol. The Hall–Kier alpha value is -1.72. The molecule has 3 rings (SSSR count). The topological polar surface area (TPSA) is 54.0 Å². The van der Waals surface area contributed by atoms with Gasteiger partial charge in [0.05, 0.1) is 0 Å². The van der Waals surface area contributed by atoms with Gasteiger partial charge in [-0.25, -0.2) is 4.98 Å². The Bertz CT molecular complexity index is 691. The van der Waals surface area contributed by atoms with Gasteiger partial charge in [-0.1, -0.05) is 31.2 Å². The van der Waals surface area contributed by atoms with Gasteiger partial charge in [0.15, 0.2) is 5.13 Å². The van der Waals surface area contributed by atoms with Crippen molar-refractivity contribution in [2.75, 3.05) is 18.4 Å². The van der Waals surface area contributed by atoms with Gasteiger partial charge in [0.25, 0.3) is 0 Å². The molecule has 1 fully saturated rings. The zero-order valence-corrected chi connectivity index (χ0v) is 15.2. The minimum atomic E-state index is 0.0389. The minimum Gasteiger partial charge on any atom is -0.317 e. The van der Waals surface area contributed by atoms with Crippen LogP contribution in [-0.2, 0) is 4.79 Å². The largest absolute Gasteiger partial charge is 0.317 e. The van der Waals surface area contributed by atoms with Crippen LogP contribution < -0.4 is 10.6 Å². The van der Waals surface area contributed by atoms with Gasteiger partial charge in [0.2, 0.25) is 5.91 Å². The molecule has 1 saturated heterocycles. The van der Waals surface area contributed by atoms with Gasteiger partial charge in [0.1, 0.15) is 0 Å². The van der Waals surface area contributed by atoms with E-state index in [1.807, 2.05) is 18.3 Å². The number of carbonyl (C=O) groups excluding carboxylic acids is 1. The van der Waals surface area contributed by atoms with Crippen LogP contribution in [0.1, 0.15) is 54.0 Å². The molecule has 2 N–H and O–H groups in total. The quantitative estimate of drug-likeness (QED) is 0.861. The van der Waals surface area contributed by atoms with Crippen molar-refractivity contribution in [3.63, 3.8) is 0 Å². The Morgan fingerprint density at radius 3 is 2.88 bits per heavy atom. The molecule has 1 aromatic heterocycles. The first-order valence-electron chi connectivity index (χ1n) is 8.65. The Morgan fingerprint density at radius 1 is 1.38 bits per heavy atom. The van der Waals surface area contributed by atoms with E-state index in [9.17, 15) is 4.79 Å². The van der Waals surface area contributed by atoms with Crippen molar-refractivity contribution < 1.29 is 4.79 Å². The van der Waals surface area contributed by atoms with Crippen molar-refractivity contribution in [1.82, 2.24) is 10.3 Å². The zero-order chi connectivity index (χ0) is 16.9. The van der Waals surface area contributed by atoms with Gasteiger partial charge in [0, 0.05) is 17.5 Å². The van der Waals surface area contributed by atoms with Gasteiger partial charge in [-0.05, 0) is 55.8 Å². The summed E-state index contributed by atoms with van der Waals surface area (Å²) in [7, 11) is 0. The summed E-state index contributed by atoms with van der Waals surface area (Å²) >= 11 is 1.62. The maximum absolute atomic E-state index is 12.3. The first-order valence-corrected chi connectivity index (χ1v) is 9.47. The second kappa shape index (κ2) is 7.90. The minimum absolute atomic E-state index is 0.0389. The van der Waals surface area contributed by atoms with Crippen molar-refractivity contribution in [1.29, 1.82) is 0 Å². The monoisotopic (exact) mass is 343 g/mol. The lowest BCUT2D eigenvalue weighted by atomic mass is 9.93. The number of aryl methyl sites for hydroxylation is 1. The Kier molecular flexibility index (Phi) is 5.63. The van der Waals surface area contributed by atoms with E-state index in [1.54, 1.807) is 11.3 Å². The number of piperidine rings is 1. The number of hydrogen-bond donors (Lipinski definition) is 2. The molecule has 0 spiro atoms. The maximum Gasteiger partial charge on any atom is 0.226 e. The van der Waals surface area contributed by atoms with E-state index < -0.39 is 0 Å². The molecular weight excluding hydrogens is 318 g/mol. The molecule has 5 heteroatoms. The molecule has 0 saturated carbocycles. The smallest absolute Gasteiger partial charge is 0.226 e. The second-order valence-electron chi connectivity index (χ2n) is 6.60. The highest BCUT2D eigenvalue weighted by atomic mass is 32.1. The van der Waals surface area contributed by atoms with E-state index in [0.717, 1.165) is 31.1 Å². The number of anilines is 1. The molecule has 2 aromatic rings. The fraction of sp³-hybridized carbons (Fsp3) is 0.474. The van der Waals surface area contributed by atoms with Crippen molar-refractivity contribution in [3.05, 3.63) is 46.5 Å². The van der Waals surface area contributed by atoms with Crippen LogP contribution >= 0.6 is 11.3 Å². The maximum atomic E-state index is 12.3. The van der Waals surface area contributed by atoms with Crippen molar-refractivity contribution in [2.45, 2.75) is 44.9 Å². The molecule has 0 bridgehead atoms. The van der Waals surface area contributed by atoms with Crippen LogP contribution in [0.25, 0.3) is 0 Å². The number of carbonyl (C=O) groups is 1. The summed E-state index contributed by atoms with van der Waals surface area (Å²) < 4.78 is 0. The number of nitrogens with one attached hydrogen (secondary N) is 2. The van der Waals surface area contributed by atoms with Crippen molar-refractivity contribution >= 4 is 22.4 Å². The molecule has 0 aliphatic carbocycles. The number of thiazole rings is 1. The molecule has 1 aliphatic heterocycles. The molecule has 2 heterocycles. The molecule has 1 aliphatic rings. The Labute approximate surface area is 147 Å². The number of hydrogen-bond acceptors (Lipinski definition) is 4. The van der Waals surface area contributed by atoms with Crippen LogP contribution in [0.4, 0.5) is 5.13 Å². The van der Waals surface area contributed by atoms with E-state index in [4.69, 9.17) is 0 Å². The number of amides is 1. The van der Waals surface area contributed by atoms with E-state index in [0.29, 0.717) is 12.3 Å². The summed E-state index contributed by atoms with van der Waals surface area (Å²) in [5.74, 6) is 0.826. The van der Waals surface area contributed by atoms with Crippen LogP contribution in [-0.4, -0.2) is 24.0 Å². The Balaban J connectivity index is 1.57. The number of aromatic nitrogens is 1. The molecule has 1 unspecified atom stereocenters. The number of rotatable bonds is 5. The molecule has 4 nitrogen and oxygen atoms in total. The van der Waals surface area contributed by atoms with Gasteiger partial charge < -0.3 is 10.6 Å². The summed E-state index contributed by atoms with van der Waals surface area (Å²) in [5, 5.41) is 7.08. The molecule has 0 radical (unpaired) electrons. The summed E-state index contributed by atoms with van der Waals surface area (Å²) in [6.45, 7) is 6.33. The van der Waals surface area contributed by atoms with Gasteiger partial charge in [-0.15, -0.1) is 11.3 Å². The summed E-state index contributed by atoms with van der Waals surface area (Å²) in [5.41, 5.74) is 2.47. The lowest BCUT2D eigenvalue weighted by Crippen LogP contribution is -2.26. The molecule has 1 aromatic carbocycles. The summed E-state index contributed by atoms with van der Waals surface area (Å²) in [4.78, 5) is 18.0. The van der Waals surface area contributed by atoms with Crippen LogP contribution in [0.15, 0.2) is 30.5 Å². The molecule has 1 amide bonds. The first kappa shape index (κ1) is 17.1. The van der Waals surface area contributed by atoms with E-state index >= 15 is 0 Å². The van der Waals surface area contributed by atoms with Crippen LogP contribution in [0, 0.1) is 6.92 Å². The highest BCUT2D eigenvalue weighted by Gasteiger charge is 2.19. The molecular formula is C19H25N3OS. The SMILES string of the molecule is Cc1ccccc1C(C)CC(=O)Nc1ncc(C2CCNCC2)s1. The second-order valence-corrected chi connectivity index (χ2v) is 7.66. The third-order valence-electron chi connectivity index (χ3n) is 4.72. The molecule has 24 heavy (non-hydrogen) atoms. The summed E-state index contributed by atoms with van der Waals surface area (Å²) in [6.07, 6.45) is 4.72. The van der Waals surface area contributed by atoms with Gasteiger partial charge in [-0.2, -0.15) is 0 Å². The van der Waals surface area contributed by atoms with Crippen molar-refractivity contribution in [3.8, 4) is 0 Å². The highest BCUT2D eigenvalue weighted by molar-refractivity contribution is 7.15. The van der Waals surface area contributed by atoms with Crippen molar-refractivity contribution in [2.24, 2.45) is 0 Å². The fourth-order valence-corrected chi connectivity index (χ4v) is 4.34. The third-order valence-corrected chi connectivity index (χ3v) is 5.80. The summed E-state index contributed by atoms with van der Waals surface area (Å²) in [6, 6.07) is 8.26. The third kappa shape index (κ3) is 4.22. The predicted octanol–water partition coefficient (Wildman–Crippen LogP) is 4.05. The number of benzene rings is 1. The molecule has 128 valence electrons. The van der Waals surface area contributed by atoms with E-state index in [2.05, 4.69) is 41.6 Å². The average molecular weight is 343 g/mol. The van der Waals surface area contributed by atoms with Crippen LogP contribution in [0.5, 0.6) is 0 Å². The average Bonchev–Trinajstić information content (AvgIpc) is 3.04.